The van der Waals surface area contributed by atoms with Crippen LogP contribution in [0, 0.1) is 12.8 Å². The lowest BCUT2D eigenvalue weighted by atomic mass is 10.0. The van der Waals surface area contributed by atoms with Gasteiger partial charge in [-0.15, -0.1) is 0 Å². The van der Waals surface area contributed by atoms with Gasteiger partial charge in [0.2, 0.25) is 11.8 Å². The van der Waals surface area contributed by atoms with Gasteiger partial charge in [0.15, 0.2) is 6.61 Å². The number of benzene rings is 3. The maximum absolute atomic E-state index is 12.7. The molecule has 1 fully saturated rings. The maximum Gasteiger partial charge on any atom is 0.262 e. The Kier molecular flexibility index (Phi) is 8.23. The van der Waals surface area contributed by atoms with Crippen molar-refractivity contribution in [3.05, 3.63) is 89.5 Å². The molecule has 2 N–H and O–H groups in total. The smallest absolute Gasteiger partial charge is 0.262 e. The molecule has 7 nitrogen and oxygen atoms in total. The zero-order valence-corrected chi connectivity index (χ0v) is 21.5. The average Bonchev–Trinajstić information content (AvgIpc) is 3.28. The van der Waals surface area contributed by atoms with E-state index in [-0.39, 0.29) is 30.7 Å². The maximum atomic E-state index is 12.7. The number of rotatable bonds is 9. The predicted octanol–water partition coefficient (Wildman–Crippen LogP) is 4.81. The van der Waals surface area contributed by atoms with Gasteiger partial charge < -0.3 is 20.3 Å². The summed E-state index contributed by atoms with van der Waals surface area (Å²) in [7, 11) is 0. The van der Waals surface area contributed by atoms with Crippen LogP contribution in [0.4, 0.5) is 11.4 Å². The van der Waals surface area contributed by atoms with E-state index in [0.717, 1.165) is 16.8 Å². The summed E-state index contributed by atoms with van der Waals surface area (Å²) in [6, 6.07) is 22.7. The molecule has 1 aliphatic rings. The van der Waals surface area contributed by atoms with Crippen LogP contribution in [0.25, 0.3) is 0 Å². The molecule has 0 spiro atoms. The Morgan fingerprint density at radius 1 is 1.03 bits per heavy atom. The molecule has 1 atom stereocenters. The summed E-state index contributed by atoms with van der Waals surface area (Å²) in [4.78, 5) is 39.1. The van der Waals surface area contributed by atoms with Crippen LogP contribution in [0.2, 0.25) is 0 Å². The number of ether oxygens (including phenoxy) is 1. The number of aryl methyl sites for hydroxylation is 1. The SMILES string of the molecule is Cc1cccc(NC(=O)COc2ccc(N3C[C@H](C(=O)NCc4ccc(C(C)C)cc4)CC3=O)cc2)c1. The average molecular weight is 500 g/mol. The van der Waals surface area contributed by atoms with E-state index < -0.39 is 5.92 Å². The Labute approximate surface area is 217 Å². The Morgan fingerprint density at radius 3 is 2.43 bits per heavy atom. The van der Waals surface area contributed by atoms with Gasteiger partial charge >= 0.3 is 0 Å². The highest BCUT2D eigenvalue weighted by molar-refractivity contribution is 6.00. The second kappa shape index (κ2) is 11.7. The highest BCUT2D eigenvalue weighted by Gasteiger charge is 2.35. The zero-order valence-electron chi connectivity index (χ0n) is 21.5. The fraction of sp³-hybridized carbons (Fsp3) is 0.300. The van der Waals surface area contributed by atoms with Crippen LogP contribution in [0.3, 0.4) is 0 Å². The molecule has 0 radical (unpaired) electrons. The van der Waals surface area contributed by atoms with Crippen LogP contribution >= 0.6 is 0 Å². The highest BCUT2D eigenvalue weighted by atomic mass is 16.5. The summed E-state index contributed by atoms with van der Waals surface area (Å²) in [5, 5.41) is 5.77. The molecule has 3 aromatic rings. The first-order valence-electron chi connectivity index (χ1n) is 12.5. The molecule has 0 saturated carbocycles. The molecule has 4 rings (SSSR count). The molecule has 37 heavy (non-hydrogen) atoms. The van der Waals surface area contributed by atoms with Crippen LogP contribution < -0.4 is 20.3 Å². The minimum Gasteiger partial charge on any atom is -0.484 e. The summed E-state index contributed by atoms with van der Waals surface area (Å²) < 4.78 is 5.59. The van der Waals surface area contributed by atoms with Gasteiger partial charge in [0, 0.05) is 30.9 Å². The molecule has 1 saturated heterocycles. The first kappa shape index (κ1) is 25.9. The molecule has 0 aromatic heterocycles. The van der Waals surface area contributed by atoms with E-state index in [9.17, 15) is 14.4 Å². The summed E-state index contributed by atoms with van der Waals surface area (Å²) in [6.07, 6.45) is 0.176. The first-order chi connectivity index (χ1) is 17.8. The molecule has 1 heterocycles. The summed E-state index contributed by atoms with van der Waals surface area (Å²) in [5.74, 6) is 0.115. The van der Waals surface area contributed by atoms with Crippen molar-refractivity contribution in [1.82, 2.24) is 5.32 Å². The lowest BCUT2D eigenvalue weighted by Crippen LogP contribution is -2.32. The van der Waals surface area contributed by atoms with Crippen LogP contribution in [0.5, 0.6) is 5.75 Å². The van der Waals surface area contributed by atoms with Crippen molar-refractivity contribution in [2.45, 2.75) is 39.7 Å². The third-order valence-electron chi connectivity index (χ3n) is 6.43. The Bertz CT molecular complexity index is 1250. The molecule has 192 valence electrons. The second-order valence-corrected chi connectivity index (χ2v) is 9.72. The van der Waals surface area contributed by atoms with Crippen molar-refractivity contribution in [2.24, 2.45) is 5.92 Å². The minimum atomic E-state index is -0.399. The van der Waals surface area contributed by atoms with Crippen molar-refractivity contribution < 1.29 is 19.1 Å². The van der Waals surface area contributed by atoms with Crippen molar-refractivity contribution in [3.8, 4) is 5.75 Å². The van der Waals surface area contributed by atoms with Gasteiger partial charge in [0.25, 0.3) is 5.91 Å². The number of amides is 3. The number of hydrogen-bond acceptors (Lipinski definition) is 4. The van der Waals surface area contributed by atoms with Gasteiger partial charge in [0.1, 0.15) is 5.75 Å². The van der Waals surface area contributed by atoms with E-state index in [1.54, 1.807) is 29.2 Å². The van der Waals surface area contributed by atoms with Crippen LogP contribution in [0.15, 0.2) is 72.8 Å². The second-order valence-electron chi connectivity index (χ2n) is 9.72. The summed E-state index contributed by atoms with van der Waals surface area (Å²) in [6.45, 7) is 6.89. The third-order valence-corrected chi connectivity index (χ3v) is 6.43. The molecule has 3 amide bonds. The van der Waals surface area contributed by atoms with Gasteiger partial charge in [-0.3, -0.25) is 14.4 Å². The molecule has 3 aromatic carbocycles. The van der Waals surface area contributed by atoms with Crippen molar-refractivity contribution in [3.63, 3.8) is 0 Å². The lowest BCUT2D eigenvalue weighted by Gasteiger charge is -2.17. The lowest BCUT2D eigenvalue weighted by molar-refractivity contribution is -0.126. The standard InChI is InChI=1S/C30H33N3O4/c1-20(2)23-9-7-22(8-10-23)17-31-30(36)24-16-29(35)33(18-24)26-11-13-27(14-12-26)37-19-28(34)32-25-6-4-5-21(3)15-25/h4-15,20,24H,16-19H2,1-3H3,(H,31,36)(H,32,34)/t24-/m1/s1. The molecule has 0 bridgehead atoms. The van der Waals surface area contributed by atoms with Gasteiger partial charge in [-0.25, -0.2) is 0 Å². The minimum absolute atomic E-state index is 0.0902. The van der Waals surface area contributed by atoms with E-state index in [1.807, 2.05) is 43.3 Å². The fourth-order valence-electron chi connectivity index (χ4n) is 4.28. The van der Waals surface area contributed by atoms with Crippen molar-refractivity contribution >= 4 is 29.1 Å². The van der Waals surface area contributed by atoms with E-state index in [2.05, 4.69) is 36.6 Å². The first-order valence-corrected chi connectivity index (χ1v) is 12.5. The van der Waals surface area contributed by atoms with Crippen LogP contribution in [0.1, 0.15) is 42.9 Å². The van der Waals surface area contributed by atoms with Gasteiger partial charge in [-0.1, -0.05) is 50.2 Å². The molecule has 7 heteroatoms. The van der Waals surface area contributed by atoms with E-state index >= 15 is 0 Å². The summed E-state index contributed by atoms with van der Waals surface area (Å²) in [5.41, 5.74) is 4.76. The van der Waals surface area contributed by atoms with Gasteiger partial charge in [-0.05, 0) is 65.9 Å². The fourth-order valence-corrected chi connectivity index (χ4v) is 4.28. The number of carbonyl (C=O) groups excluding carboxylic acids is 3. The Morgan fingerprint density at radius 2 is 1.76 bits per heavy atom. The van der Waals surface area contributed by atoms with Crippen LogP contribution in [-0.2, 0) is 20.9 Å². The highest BCUT2D eigenvalue weighted by Crippen LogP contribution is 2.27. The monoisotopic (exact) mass is 499 g/mol. The molecule has 0 aliphatic carbocycles. The summed E-state index contributed by atoms with van der Waals surface area (Å²) >= 11 is 0. The van der Waals surface area contributed by atoms with Gasteiger partial charge in [-0.2, -0.15) is 0 Å². The molecular weight excluding hydrogens is 466 g/mol. The number of nitrogens with zero attached hydrogens (tertiary/aromatic N) is 1. The topological polar surface area (TPSA) is 87.7 Å². The normalized spacial score (nSPS) is 15.1. The van der Waals surface area contributed by atoms with E-state index in [1.165, 1.54) is 5.56 Å². The third kappa shape index (κ3) is 6.97. The number of hydrogen-bond donors (Lipinski definition) is 2. The van der Waals surface area contributed by atoms with E-state index in [4.69, 9.17) is 4.74 Å². The van der Waals surface area contributed by atoms with E-state index in [0.29, 0.717) is 30.4 Å². The number of nitrogens with one attached hydrogen (secondary N) is 2. The number of carbonyl (C=O) groups is 3. The zero-order chi connectivity index (χ0) is 26.4. The molecule has 0 unspecified atom stereocenters. The van der Waals surface area contributed by atoms with Crippen molar-refractivity contribution in [1.29, 1.82) is 0 Å². The largest absolute Gasteiger partial charge is 0.484 e. The van der Waals surface area contributed by atoms with Crippen molar-refractivity contribution in [2.75, 3.05) is 23.4 Å². The Hall–Kier alpha value is -4.13. The Balaban J connectivity index is 1.25. The van der Waals surface area contributed by atoms with Gasteiger partial charge in [0.05, 0.1) is 5.92 Å². The number of anilines is 2. The predicted molar refractivity (Wildman–Crippen MR) is 145 cm³/mol. The molecular formula is C30H33N3O4. The molecule has 1 aliphatic heterocycles. The van der Waals surface area contributed by atoms with Crippen LogP contribution in [-0.4, -0.2) is 30.9 Å². The quantitative estimate of drug-likeness (QED) is 0.443.